The van der Waals surface area contributed by atoms with Crippen molar-refractivity contribution in [1.82, 2.24) is 15.1 Å². The van der Waals surface area contributed by atoms with Gasteiger partial charge in [-0.3, -0.25) is 9.48 Å². The molecule has 1 amide bonds. The molecule has 2 aromatic rings. The molecule has 0 spiro atoms. The van der Waals surface area contributed by atoms with E-state index in [-0.39, 0.29) is 5.91 Å². The topological polar surface area (TPSA) is 46.9 Å². The number of hydrogen-bond donors (Lipinski definition) is 1. The van der Waals surface area contributed by atoms with Crippen LogP contribution in [0.5, 0.6) is 0 Å². The van der Waals surface area contributed by atoms with Crippen molar-refractivity contribution in [3.05, 3.63) is 38.3 Å². The Morgan fingerprint density at radius 1 is 1.61 bits per heavy atom. The van der Waals surface area contributed by atoms with Gasteiger partial charge in [0.15, 0.2) is 0 Å². The van der Waals surface area contributed by atoms with Crippen molar-refractivity contribution < 1.29 is 4.79 Å². The molecule has 0 aliphatic carbocycles. The minimum atomic E-state index is -0.0653. The van der Waals surface area contributed by atoms with Gasteiger partial charge < -0.3 is 5.32 Å². The molecule has 0 radical (unpaired) electrons. The number of hydrogen-bond acceptors (Lipinski definition) is 3. The molecule has 0 aromatic carbocycles. The average Bonchev–Trinajstić information content (AvgIpc) is 2.92. The molecule has 0 aliphatic rings. The first kappa shape index (κ1) is 13.3. The van der Waals surface area contributed by atoms with Gasteiger partial charge in [0.2, 0.25) is 0 Å². The number of amides is 1. The van der Waals surface area contributed by atoms with Crippen LogP contribution in [0.2, 0.25) is 0 Å². The Labute approximate surface area is 118 Å². The first-order valence-corrected chi connectivity index (χ1v) is 7.31. The van der Waals surface area contributed by atoms with Crippen LogP contribution in [0.25, 0.3) is 0 Å². The molecule has 0 aliphatic heterocycles. The molecule has 4 nitrogen and oxygen atoms in total. The van der Waals surface area contributed by atoms with Gasteiger partial charge >= 0.3 is 0 Å². The zero-order valence-corrected chi connectivity index (χ0v) is 12.6. The Balaban J connectivity index is 2.03. The zero-order chi connectivity index (χ0) is 13.1. The molecular weight excluding hydrogens is 314 g/mol. The molecule has 0 saturated carbocycles. The van der Waals surface area contributed by atoms with E-state index in [2.05, 4.69) is 26.3 Å². The summed E-state index contributed by atoms with van der Waals surface area (Å²) in [6.07, 6.45) is 2.52. The summed E-state index contributed by atoms with van der Waals surface area (Å²) in [6.45, 7) is 2.54. The second kappa shape index (κ2) is 5.67. The van der Waals surface area contributed by atoms with Crippen LogP contribution in [0.3, 0.4) is 0 Å². The van der Waals surface area contributed by atoms with Gasteiger partial charge in [0.25, 0.3) is 5.91 Å². The fourth-order valence-electron chi connectivity index (χ4n) is 1.69. The van der Waals surface area contributed by atoms with E-state index >= 15 is 0 Å². The molecule has 96 valence electrons. The smallest absolute Gasteiger partial charge is 0.255 e. The van der Waals surface area contributed by atoms with E-state index < -0.39 is 0 Å². The minimum Gasteiger partial charge on any atom is -0.347 e. The van der Waals surface area contributed by atoms with Gasteiger partial charge in [0.05, 0.1) is 17.8 Å². The lowest BCUT2D eigenvalue weighted by Crippen LogP contribution is -2.22. The standard InChI is InChI=1S/C12H14BrN3OS/c1-3-11-10(6-16(2)15-11)12(17)14-5-9-4-8(13)7-18-9/h4,6-7H,3,5H2,1-2H3,(H,14,17). The maximum absolute atomic E-state index is 12.0. The van der Waals surface area contributed by atoms with Crippen molar-refractivity contribution in [2.24, 2.45) is 7.05 Å². The maximum Gasteiger partial charge on any atom is 0.255 e. The minimum absolute atomic E-state index is 0.0653. The predicted octanol–water partition coefficient (Wildman–Crippen LogP) is 2.74. The van der Waals surface area contributed by atoms with E-state index in [4.69, 9.17) is 0 Å². The van der Waals surface area contributed by atoms with E-state index in [0.717, 1.165) is 21.5 Å². The SMILES string of the molecule is CCc1nn(C)cc1C(=O)NCc1cc(Br)cs1. The Morgan fingerprint density at radius 2 is 2.39 bits per heavy atom. The second-order valence-corrected chi connectivity index (χ2v) is 5.84. The lowest BCUT2D eigenvalue weighted by molar-refractivity contribution is 0.0950. The summed E-state index contributed by atoms with van der Waals surface area (Å²) in [7, 11) is 1.83. The number of aromatic nitrogens is 2. The Kier molecular flexibility index (Phi) is 4.19. The normalized spacial score (nSPS) is 10.6. The van der Waals surface area contributed by atoms with Gasteiger partial charge in [-0.2, -0.15) is 5.10 Å². The third-order valence-corrected chi connectivity index (χ3v) is 4.23. The first-order valence-electron chi connectivity index (χ1n) is 5.63. The van der Waals surface area contributed by atoms with Gasteiger partial charge in [0, 0.05) is 28.0 Å². The van der Waals surface area contributed by atoms with Crippen molar-refractivity contribution in [3.8, 4) is 0 Å². The second-order valence-electron chi connectivity index (χ2n) is 3.93. The highest BCUT2D eigenvalue weighted by molar-refractivity contribution is 9.10. The average molecular weight is 328 g/mol. The molecule has 2 heterocycles. The van der Waals surface area contributed by atoms with Crippen molar-refractivity contribution in [1.29, 1.82) is 0 Å². The highest BCUT2D eigenvalue weighted by Gasteiger charge is 2.14. The van der Waals surface area contributed by atoms with Crippen LogP contribution < -0.4 is 5.32 Å². The summed E-state index contributed by atoms with van der Waals surface area (Å²) in [5.74, 6) is -0.0653. The first-order chi connectivity index (χ1) is 8.60. The van der Waals surface area contributed by atoms with E-state index in [9.17, 15) is 4.79 Å². The lowest BCUT2D eigenvalue weighted by Gasteiger charge is -2.02. The number of nitrogens with zero attached hydrogens (tertiary/aromatic N) is 2. The van der Waals surface area contributed by atoms with E-state index in [1.807, 2.05) is 25.4 Å². The highest BCUT2D eigenvalue weighted by atomic mass is 79.9. The summed E-state index contributed by atoms with van der Waals surface area (Å²) >= 11 is 5.01. The molecule has 2 rings (SSSR count). The maximum atomic E-state index is 12.0. The number of halogens is 1. The fourth-order valence-corrected chi connectivity index (χ4v) is 3.09. The van der Waals surface area contributed by atoms with Gasteiger partial charge in [-0.05, 0) is 28.4 Å². The van der Waals surface area contributed by atoms with Gasteiger partial charge in [-0.25, -0.2) is 0 Å². The van der Waals surface area contributed by atoms with Crippen LogP contribution in [0.4, 0.5) is 0 Å². The monoisotopic (exact) mass is 327 g/mol. The van der Waals surface area contributed by atoms with Gasteiger partial charge in [0.1, 0.15) is 0 Å². The number of nitrogens with one attached hydrogen (secondary N) is 1. The Morgan fingerprint density at radius 3 is 3.00 bits per heavy atom. The Hall–Kier alpha value is -1.14. The Bertz CT molecular complexity index is 561. The summed E-state index contributed by atoms with van der Waals surface area (Å²) in [5.41, 5.74) is 1.50. The van der Waals surface area contributed by atoms with Crippen LogP contribution in [0.15, 0.2) is 22.1 Å². The van der Waals surface area contributed by atoms with Crippen LogP contribution in [0, 0.1) is 0 Å². The van der Waals surface area contributed by atoms with Gasteiger partial charge in [-0.1, -0.05) is 6.92 Å². The van der Waals surface area contributed by atoms with Crippen LogP contribution in [-0.2, 0) is 20.0 Å². The summed E-state index contributed by atoms with van der Waals surface area (Å²) < 4.78 is 2.72. The number of rotatable bonds is 4. The van der Waals surface area contributed by atoms with Crippen LogP contribution >= 0.6 is 27.3 Å². The van der Waals surface area contributed by atoms with Gasteiger partial charge in [-0.15, -0.1) is 11.3 Å². The predicted molar refractivity (Wildman–Crippen MR) is 75.8 cm³/mol. The molecule has 0 bridgehead atoms. The van der Waals surface area contributed by atoms with Crippen LogP contribution in [-0.4, -0.2) is 15.7 Å². The van der Waals surface area contributed by atoms with Crippen molar-refractivity contribution >= 4 is 33.2 Å². The zero-order valence-electron chi connectivity index (χ0n) is 10.2. The molecule has 0 saturated heterocycles. The molecule has 2 aromatic heterocycles. The molecule has 6 heteroatoms. The number of carbonyl (C=O) groups excluding carboxylic acids is 1. The largest absolute Gasteiger partial charge is 0.347 e. The molecule has 18 heavy (non-hydrogen) atoms. The molecule has 0 unspecified atom stereocenters. The lowest BCUT2D eigenvalue weighted by atomic mass is 10.2. The molecule has 1 N–H and O–H groups in total. The fraction of sp³-hybridized carbons (Fsp3) is 0.333. The molecule has 0 atom stereocenters. The third-order valence-electron chi connectivity index (χ3n) is 2.53. The van der Waals surface area contributed by atoms with Crippen molar-refractivity contribution in [2.75, 3.05) is 0 Å². The number of carbonyl (C=O) groups is 1. The summed E-state index contributed by atoms with van der Waals surface area (Å²) in [4.78, 5) is 13.2. The van der Waals surface area contributed by atoms with E-state index in [1.54, 1.807) is 22.2 Å². The molecule has 0 fully saturated rings. The third kappa shape index (κ3) is 3.00. The van der Waals surface area contributed by atoms with E-state index in [1.165, 1.54) is 0 Å². The summed E-state index contributed by atoms with van der Waals surface area (Å²) in [5, 5.41) is 9.18. The summed E-state index contributed by atoms with van der Waals surface area (Å²) in [6, 6.07) is 2.01. The van der Waals surface area contributed by atoms with Crippen molar-refractivity contribution in [2.45, 2.75) is 19.9 Å². The number of thiophene rings is 1. The quantitative estimate of drug-likeness (QED) is 0.938. The van der Waals surface area contributed by atoms with Crippen molar-refractivity contribution in [3.63, 3.8) is 0 Å². The molecular formula is C12H14BrN3OS. The highest BCUT2D eigenvalue weighted by Crippen LogP contribution is 2.19. The number of aryl methyl sites for hydroxylation is 2. The van der Waals surface area contributed by atoms with E-state index in [0.29, 0.717) is 12.1 Å². The van der Waals surface area contributed by atoms with Crippen LogP contribution in [0.1, 0.15) is 27.9 Å².